The summed E-state index contributed by atoms with van der Waals surface area (Å²) in [6, 6.07) is 13.1. The molecule has 1 heterocycles. The number of carbonyl (C=O) groups is 1. The highest BCUT2D eigenvalue weighted by atomic mass is 35.5. The molecule has 0 saturated carbocycles. The lowest BCUT2D eigenvalue weighted by atomic mass is 10.1. The second-order valence-corrected chi connectivity index (χ2v) is 6.87. The van der Waals surface area contributed by atoms with Gasteiger partial charge in [-0.1, -0.05) is 23.7 Å². The van der Waals surface area contributed by atoms with E-state index in [4.69, 9.17) is 21.1 Å². The number of esters is 1. The maximum atomic E-state index is 11.5. The number of nitro benzene ring substituents is 1. The average Bonchev–Trinajstić information content (AvgIpc) is 2.72. The summed E-state index contributed by atoms with van der Waals surface area (Å²) in [5.74, 6) is 0.0442. The molecular formula is C21H20ClN3O5. The van der Waals surface area contributed by atoms with Gasteiger partial charge >= 0.3 is 5.97 Å². The molecule has 0 fully saturated rings. The summed E-state index contributed by atoms with van der Waals surface area (Å²) in [5, 5.41) is 15.3. The number of halogens is 1. The number of non-ortho nitro benzene ring substituents is 1. The van der Waals surface area contributed by atoms with Gasteiger partial charge in [0.1, 0.15) is 10.9 Å². The maximum Gasteiger partial charge on any atom is 0.344 e. The zero-order valence-electron chi connectivity index (χ0n) is 16.4. The van der Waals surface area contributed by atoms with E-state index in [2.05, 4.69) is 10.3 Å². The van der Waals surface area contributed by atoms with E-state index in [1.54, 1.807) is 43.3 Å². The van der Waals surface area contributed by atoms with Gasteiger partial charge in [0, 0.05) is 29.2 Å². The summed E-state index contributed by atoms with van der Waals surface area (Å²) in [4.78, 5) is 26.3. The third-order valence-electron chi connectivity index (χ3n) is 4.39. The van der Waals surface area contributed by atoms with E-state index in [1.807, 2.05) is 6.92 Å². The molecule has 3 aromatic rings. The molecule has 0 spiro atoms. The molecule has 2 aromatic carbocycles. The predicted octanol–water partition coefficient (Wildman–Crippen LogP) is 4.91. The first-order valence-corrected chi connectivity index (χ1v) is 9.64. The van der Waals surface area contributed by atoms with Gasteiger partial charge in [-0.2, -0.15) is 0 Å². The number of aromatic nitrogens is 1. The zero-order chi connectivity index (χ0) is 21.7. The second-order valence-electron chi connectivity index (χ2n) is 6.48. The molecule has 30 heavy (non-hydrogen) atoms. The first-order chi connectivity index (χ1) is 14.4. The fourth-order valence-electron chi connectivity index (χ4n) is 2.93. The van der Waals surface area contributed by atoms with Crippen molar-refractivity contribution in [3.05, 3.63) is 69.4 Å². The van der Waals surface area contributed by atoms with E-state index in [0.717, 1.165) is 16.6 Å². The molecule has 0 bridgehead atoms. The highest BCUT2D eigenvalue weighted by Crippen LogP contribution is 2.31. The lowest BCUT2D eigenvalue weighted by Gasteiger charge is -2.18. The van der Waals surface area contributed by atoms with Gasteiger partial charge in [0.15, 0.2) is 6.61 Å². The molecule has 156 valence electrons. The van der Waals surface area contributed by atoms with Crippen molar-refractivity contribution in [3.8, 4) is 5.75 Å². The Bertz CT molecular complexity index is 1070. The number of carbonyl (C=O) groups excluding carboxylic acids is 1. The first kappa shape index (κ1) is 21.3. The Labute approximate surface area is 177 Å². The smallest absolute Gasteiger partial charge is 0.344 e. The molecule has 1 aromatic heterocycles. The van der Waals surface area contributed by atoms with Crippen LogP contribution in [-0.4, -0.2) is 29.1 Å². The molecule has 8 nitrogen and oxygen atoms in total. The lowest BCUT2D eigenvalue weighted by Crippen LogP contribution is -2.14. The second kappa shape index (κ2) is 9.41. The molecule has 3 rings (SSSR count). The molecular weight excluding hydrogens is 410 g/mol. The minimum atomic E-state index is -0.447. The van der Waals surface area contributed by atoms with E-state index < -0.39 is 10.9 Å². The number of nitrogens with zero attached hydrogens (tertiary/aromatic N) is 2. The molecule has 0 radical (unpaired) electrons. The summed E-state index contributed by atoms with van der Waals surface area (Å²) >= 11 is 6.17. The number of pyridine rings is 1. The zero-order valence-corrected chi connectivity index (χ0v) is 17.2. The van der Waals surface area contributed by atoms with Crippen molar-refractivity contribution < 1.29 is 19.2 Å². The van der Waals surface area contributed by atoms with Gasteiger partial charge in [-0.3, -0.25) is 10.1 Å². The number of rotatable bonds is 8. The Morgan fingerprint density at radius 3 is 2.63 bits per heavy atom. The highest BCUT2D eigenvalue weighted by molar-refractivity contribution is 6.30. The molecule has 1 N–H and O–H groups in total. The normalized spacial score (nSPS) is 11.7. The molecule has 0 saturated heterocycles. The Morgan fingerprint density at radius 2 is 1.97 bits per heavy atom. The summed E-state index contributed by atoms with van der Waals surface area (Å²) < 4.78 is 10.4. The molecule has 0 aliphatic carbocycles. The van der Waals surface area contributed by atoms with Crippen LogP contribution < -0.4 is 10.1 Å². The van der Waals surface area contributed by atoms with E-state index in [-0.39, 0.29) is 24.9 Å². The molecule has 0 aliphatic rings. The Balaban J connectivity index is 1.85. The third-order valence-corrected chi connectivity index (χ3v) is 4.58. The van der Waals surface area contributed by atoms with Crippen molar-refractivity contribution in [2.45, 2.75) is 19.9 Å². The van der Waals surface area contributed by atoms with Crippen LogP contribution in [0.2, 0.25) is 5.15 Å². The fraction of sp³-hybridized carbons (Fsp3) is 0.238. The quantitative estimate of drug-likeness (QED) is 0.235. The van der Waals surface area contributed by atoms with Crippen molar-refractivity contribution in [2.24, 2.45) is 0 Å². The minimum Gasteiger partial charge on any atom is -0.482 e. The van der Waals surface area contributed by atoms with Crippen LogP contribution in [0.3, 0.4) is 0 Å². The van der Waals surface area contributed by atoms with Crippen LogP contribution >= 0.6 is 11.6 Å². The van der Waals surface area contributed by atoms with Crippen molar-refractivity contribution in [3.63, 3.8) is 0 Å². The largest absolute Gasteiger partial charge is 0.482 e. The van der Waals surface area contributed by atoms with Crippen molar-refractivity contribution >= 4 is 39.8 Å². The monoisotopic (exact) mass is 429 g/mol. The number of fused-ring (bicyclic) bond motifs is 1. The number of nitro groups is 1. The maximum absolute atomic E-state index is 11.5. The van der Waals surface area contributed by atoms with Gasteiger partial charge in [0.05, 0.1) is 17.0 Å². The topological polar surface area (TPSA) is 104 Å². The number of hydrogen-bond acceptors (Lipinski definition) is 7. The van der Waals surface area contributed by atoms with Gasteiger partial charge in [-0.05, 0) is 43.7 Å². The Morgan fingerprint density at radius 1 is 1.23 bits per heavy atom. The number of hydrogen-bond donors (Lipinski definition) is 1. The Hall–Kier alpha value is -3.39. The van der Waals surface area contributed by atoms with Gasteiger partial charge in [-0.25, -0.2) is 9.78 Å². The summed E-state index contributed by atoms with van der Waals surface area (Å²) in [5.41, 5.74) is 2.28. The summed E-state index contributed by atoms with van der Waals surface area (Å²) in [7, 11) is 0. The van der Waals surface area contributed by atoms with Gasteiger partial charge in [0.2, 0.25) is 0 Å². The summed E-state index contributed by atoms with van der Waals surface area (Å²) in [6.07, 6.45) is 0. The van der Waals surface area contributed by atoms with Crippen LogP contribution in [0.15, 0.2) is 48.5 Å². The molecule has 9 heteroatoms. The number of ether oxygens (including phenoxy) is 2. The molecule has 0 aliphatic heterocycles. The molecule has 1 unspecified atom stereocenters. The number of anilines is 1. The average molecular weight is 430 g/mol. The van der Waals surface area contributed by atoms with Crippen LogP contribution in [0.25, 0.3) is 10.9 Å². The number of nitrogens with one attached hydrogen (secondary N) is 1. The van der Waals surface area contributed by atoms with E-state index in [1.165, 1.54) is 12.1 Å². The third kappa shape index (κ3) is 5.15. The van der Waals surface area contributed by atoms with Crippen molar-refractivity contribution in [1.29, 1.82) is 0 Å². The molecule has 1 atom stereocenters. The van der Waals surface area contributed by atoms with Gasteiger partial charge in [-0.15, -0.1) is 0 Å². The standard InChI is InChI=1S/C21H20ClN3O5/c1-3-29-21(26)12-30-16-8-9-18-17(10-16)19(11-20(22)24-18)23-13(2)14-4-6-15(7-5-14)25(27)28/h4-11,13H,3,12H2,1-2H3,(H,23,24). The molecule has 0 amide bonds. The predicted molar refractivity (Wildman–Crippen MR) is 114 cm³/mol. The Kier molecular flexibility index (Phi) is 6.68. The van der Waals surface area contributed by atoms with E-state index in [0.29, 0.717) is 16.4 Å². The van der Waals surface area contributed by atoms with E-state index >= 15 is 0 Å². The van der Waals surface area contributed by atoms with Crippen LogP contribution in [0.4, 0.5) is 11.4 Å². The van der Waals surface area contributed by atoms with Crippen LogP contribution in [-0.2, 0) is 9.53 Å². The van der Waals surface area contributed by atoms with Crippen LogP contribution in [0.1, 0.15) is 25.5 Å². The van der Waals surface area contributed by atoms with Gasteiger partial charge in [0.25, 0.3) is 5.69 Å². The SMILES string of the molecule is CCOC(=O)COc1ccc2nc(Cl)cc(NC(C)c3ccc([N+](=O)[O-])cc3)c2c1. The van der Waals surface area contributed by atoms with Crippen LogP contribution in [0, 0.1) is 10.1 Å². The van der Waals surface area contributed by atoms with E-state index in [9.17, 15) is 14.9 Å². The van der Waals surface area contributed by atoms with Crippen LogP contribution in [0.5, 0.6) is 5.75 Å². The fourth-order valence-corrected chi connectivity index (χ4v) is 3.13. The number of benzene rings is 2. The van der Waals surface area contributed by atoms with Crippen molar-refractivity contribution in [2.75, 3.05) is 18.5 Å². The summed E-state index contributed by atoms with van der Waals surface area (Å²) in [6.45, 7) is 3.76. The van der Waals surface area contributed by atoms with Crippen molar-refractivity contribution in [1.82, 2.24) is 4.98 Å². The minimum absolute atomic E-state index is 0.0340. The highest BCUT2D eigenvalue weighted by Gasteiger charge is 2.13. The first-order valence-electron chi connectivity index (χ1n) is 9.27. The van der Waals surface area contributed by atoms with Gasteiger partial charge < -0.3 is 14.8 Å². The lowest BCUT2D eigenvalue weighted by molar-refractivity contribution is -0.384.